The first kappa shape index (κ1) is 11.6. The predicted octanol–water partition coefficient (Wildman–Crippen LogP) is 2.01. The van der Waals surface area contributed by atoms with Gasteiger partial charge in [0.25, 0.3) is 5.69 Å². The van der Waals surface area contributed by atoms with Crippen LogP contribution in [0.2, 0.25) is 0 Å². The molecule has 0 spiro atoms. The largest absolute Gasteiger partial charge is 0.325 e. The van der Waals surface area contributed by atoms with Crippen molar-refractivity contribution in [2.75, 3.05) is 0 Å². The van der Waals surface area contributed by atoms with Crippen molar-refractivity contribution in [2.24, 2.45) is 5.73 Å². The topological polar surface area (TPSA) is 69.2 Å². The molecule has 1 aromatic rings. The second kappa shape index (κ2) is 3.94. The SMILES string of the molecule is CC(C)(N)Cc1ccc([N+](=O)[O-])cc1F. The molecule has 0 bridgehead atoms. The van der Waals surface area contributed by atoms with Gasteiger partial charge in [-0.2, -0.15) is 0 Å². The van der Waals surface area contributed by atoms with E-state index in [1.54, 1.807) is 13.8 Å². The number of nitrogens with zero attached hydrogens (tertiary/aromatic N) is 1. The Morgan fingerprint density at radius 1 is 1.53 bits per heavy atom. The Labute approximate surface area is 87.0 Å². The number of nitrogens with two attached hydrogens (primary N) is 1. The molecule has 5 heteroatoms. The van der Waals surface area contributed by atoms with Crippen molar-refractivity contribution >= 4 is 5.69 Å². The summed E-state index contributed by atoms with van der Waals surface area (Å²) in [5.41, 5.74) is 5.35. The summed E-state index contributed by atoms with van der Waals surface area (Å²) in [5, 5.41) is 10.4. The molecule has 0 atom stereocenters. The molecule has 82 valence electrons. The molecule has 0 aliphatic carbocycles. The van der Waals surface area contributed by atoms with Gasteiger partial charge >= 0.3 is 0 Å². The minimum atomic E-state index is -0.625. The number of nitro groups is 1. The number of hydrogen-bond donors (Lipinski definition) is 1. The highest BCUT2D eigenvalue weighted by atomic mass is 19.1. The predicted molar refractivity (Wildman–Crippen MR) is 55.0 cm³/mol. The maximum Gasteiger partial charge on any atom is 0.272 e. The average molecular weight is 212 g/mol. The quantitative estimate of drug-likeness (QED) is 0.615. The summed E-state index contributed by atoms with van der Waals surface area (Å²) in [6, 6.07) is 3.60. The molecule has 4 nitrogen and oxygen atoms in total. The van der Waals surface area contributed by atoms with Crippen molar-refractivity contribution in [1.82, 2.24) is 0 Å². The van der Waals surface area contributed by atoms with Crippen molar-refractivity contribution in [3.63, 3.8) is 0 Å². The van der Waals surface area contributed by atoms with Crippen LogP contribution in [-0.4, -0.2) is 10.5 Å². The Kier molecular flexibility index (Phi) is 3.04. The van der Waals surface area contributed by atoms with Gasteiger partial charge in [-0.1, -0.05) is 0 Å². The molecule has 0 radical (unpaired) electrons. The van der Waals surface area contributed by atoms with E-state index in [1.807, 2.05) is 0 Å². The van der Waals surface area contributed by atoms with E-state index in [0.717, 1.165) is 6.07 Å². The van der Waals surface area contributed by atoms with Gasteiger partial charge in [0.15, 0.2) is 0 Å². The summed E-state index contributed by atoms with van der Waals surface area (Å²) in [5.74, 6) is -0.581. The third-order valence-electron chi connectivity index (χ3n) is 1.89. The van der Waals surface area contributed by atoms with Gasteiger partial charge in [-0.05, 0) is 31.9 Å². The van der Waals surface area contributed by atoms with E-state index in [-0.39, 0.29) is 5.69 Å². The number of halogens is 1. The van der Waals surface area contributed by atoms with Crippen LogP contribution in [0.3, 0.4) is 0 Å². The Morgan fingerprint density at radius 3 is 2.53 bits per heavy atom. The van der Waals surface area contributed by atoms with Gasteiger partial charge in [0, 0.05) is 11.6 Å². The number of hydrogen-bond acceptors (Lipinski definition) is 3. The van der Waals surface area contributed by atoms with Crippen LogP contribution < -0.4 is 5.73 Å². The molecule has 0 fully saturated rings. The number of benzene rings is 1. The van der Waals surface area contributed by atoms with Gasteiger partial charge < -0.3 is 5.73 Å². The van der Waals surface area contributed by atoms with Crippen molar-refractivity contribution < 1.29 is 9.31 Å². The maximum atomic E-state index is 13.4. The van der Waals surface area contributed by atoms with Crippen LogP contribution in [0, 0.1) is 15.9 Å². The van der Waals surface area contributed by atoms with Gasteiger partial charge in [0.1, 0.15) is 5.82 Å². The fraction of sp³-hybridized carbons (Fsp3) is 0.400. The molecule has 0 heterocycles. The minimum Gasteiger partial charge on any atom is -0.325 e. The highest BCUT2D eigenvalue weighted by Gasteiger charge is 2.16. The first-order chi connectivity index (χ1) is 6.79. The normalized spacial score (nSPS) is 11.5. The van der Waals surface area contributed by atoms with Crippen molar-refractivity contribution in [3.8, 4) is 0 Å². The molecule has 0 aliphatic heterocycles. The Balaban J connectivity index is 2.99. The summed E-state index contributed by atoms with van der Waals surface area (Å²) in [6.45, 7) is 3.54. The fourth-order valence-corrected chi connectivity index (χ4v) is 1.28. The zero-order valence-corrected chi connectivity index (χ0v) is 8.66. The molecular weight excluding hydrogens is 199 g/mol. The van der Waals surface area contributed by atoms with E-state index in [0.29, 0.717) is 12.0 Å². The molecule has 0 unspecified atom stereocenters. The number of non-ortho nitro benzene ring substituents is 1. The van der Waals surface area contributed by atoms with Gasteiger partial charge in [-0.25, -0.2) is 4.39 Å². The van der Waals surface area contributed by atoms with E-state index >= 15 is 0 Å². The Morgan fingerprint density at radius 2 is 2.13 bits per heavy atom. The van der Waals surface area contributed by atoms with Gasteiger partial charge in [0.05, 0.1) is 11.0 Å². The van der Waals surface area contributed by atoms with E-state index < -0.39 is 16.3 Å². The van der Waals surface area contributed by atoms with Crippen molar-refractivity contribution in [3.05, 3.63) is 39.7 Å². The molecule has 1 rings (SSSR count). The lowest BCUT2D eigenvalue weighted by molar-refractivity contribution is -0.385. The van der Waals surface area contributed by atoms with Crippen LogP contribution in [0.5, 0.6) is 0 Å². The maximum absolute atomic E-state index is 13.4. The molecule has 2 N–H and O–H groups in total. The second-order valence-corrected chi connectivity index (χ2v) is 4.20. The summed E-state index contributed by atoms with van der Waals surface area (Å²) in [6.07, 6.45) is 0.344. The van der Waals surface area contributed by atoms with Gasteiger partial charge in [-0.3, -0.25) is 10.1 Å². The first-order valence-corrected chi connectivity index (χ1v) is 4.51. The standard InChI is InChI=1S/C10H13FN2O2/c1-10(2,12)6-7-3-4-8(13(14)15)5-9(7)11/h3-5H,6,12H2,1-2H3. The zero-order valence-electron chi connectivity index (χ0n) is 8.66. The van der Waals surface area contributed by atoms with Crippen molar-refractivity contribution in [2.45, 2.75) is 25.8 Å². The van der Waals surface area contributed by atoms with Gasteiger partial charge in [-0.15, -0.1) is 0 Å². The van der Waals surface area contributed by atoms with Crippen molar-refractivity contribution in [1.29, 1.82) is 0 Å². The minimum absolute atomic E-state index is 0.244. The summed E-state index contributed by atoms with van der Waals surface area (Å²) < 4.78 is 13.4. The smallest absolute Gasteiger partial charge is 0.272 e. The average Bonchev–Trinajstić information content (AvgIpc) is 2.05. The Hall–Kier alpha value is -1.49. The summed E-state index contributed by atoms with van der Waals surface area (Å²) in [7, 11) is 0. The highest BCUT2D eigenvalue weighted by molar-refractivity contribution is 5.34. The molecule has 15 heavy (non-hydrogen) atoms. The lowest BCUT2D eigenvalue weighted by Crippen LogP contribution is -2.34. The van der Waals surface area contributed by atoms with Crippen LogP contribution in [0.1, 0.15) is 19.4 Å². The molecule has 0 aromatic heterocycles. The van der Waals surface area contributed by atoms with E-state index in [1.165, 1.54) is 12.1 Å². The number of nitro benzene ring substituents is 1. The molecular formula is C10H13FN2O2. The van der Waals surface area contributed by atoms with E-state index in [9.17, 15) is 14.5 Å². The highest BCUT2D eigenvalue weighted by Crippen LogP contribution is 2.19. The molecule has 0 saturated carbocycles. The summed E-state index contributed by atoms with van der Waals surface area (Å²) >= 11 is 0. The monoisotopic (exact) mass is 212 g/mol. The Bertz CT molecular complexity index is 385. The van der Waals surface area contributed by atoms with E-state index in [4.69, 9.17) is 5.73 Å². The van der Waals surface area contributed by atoms with Gasteiger partial charge in [0.2, 0.25) is 0 Å². The molecule has 0 aliphatic rings. The lowest BCUT2D eigenvalue weighted by Gasteiger charge is -2.18. The van der Waals surface area contributed by atoms with Crippen LogP contribution in [0.15, 0.2) is 18.2 Å². The first-order valence-electron chi connectivity index (χ1n) is 4.51. The zero-order chi connectivity index (χ0) is 11.6. The molecule has 0 saturated heterocycles. The second-order valence-electron chi connectivity index (χ2n) is 4.20. The van der Waals surface area contributed by atoms with Crippen LogP contribution in [-0.2, 0) is 6.42 Å². The lowest BCUT2D eigenvalue weighted by atomic mass is 9.96. The van der Waals surface area contributed by atoms with Crippen LogP contribution in [0.25, 0.3) is 0 Å². The fourth-order valence-electron chi connectivity index (χ4n) is 1.28. The third-order valence-corrected chi connectivity index (χ3v) is 1.89. The number of rotatable bonds is 3. The molecule has 0 amide bonds. The van der Waals surface area contributed by atoms with Crippen LogP contribution in [0.4, 0.5) is 10.1 Å². The van der Waals surface area contributed by atoms with E-state index in [2.05, 4.69) is 0 Å². The molecule has 1 aromatic carbocycles. The van der Waals surface area contributed by atoms with Crippen LogP contribution >= 0.6 is 0 Å². The third kappa shape index (κ3) is 3.28. The summed E-state index contributed by atoms with van der Waals surface area (Å²) in [4.78, 5) is 9.74.